The van der Waals surface area contributed by atoms with E-state index in [0.29, 0.717) is 11.5 Å². The minimum absolute atomic E-state index is 0.196. The van der Waals surface area contributed by atoms with Crippen LogP contribution in [0.3, 0.4) is 0 Å². The van der Waals surface area contributed by atoms with Gasteiger partial charge in [0.1, 0.15) is 0 Å². The molecule has 0 spiro atoms. The van der Waals surface area contributed by atoms with E-state index in [1.807, 2.05) is 12.1 Å². The lowest BCUT2D eigenvalue weighted by atomic mass is 9.90. The Morgan fingerprint density at radius 3 is 2.52 bits per heavy atom. The quantitative estimate of drug-likeness (QED) is 0.733. The Morgan fingerprint density at radius 1 is 1.04 bits per heavy atom. The minimum atomic E-state index is 0.196. The highest BCUT2D eigenvalue weighted by atomic mass is 16.5. The van der Waals surface area contributed by atoms with E-state index >= 15 is 0 Å². The van der Waals surface area contributed by atoms with Crippen LogP contribution < -0.4 is 14.4 Å². The lowest BCUT2D eigenvalue weighted by Gasteiger charge is -2.30. The summed E-state index contributed by atoms with van der Waals surface area (Å²) in [6, 6.07) is 10.4. The van der Waals surface area contributed by atoms with Gasteiger partial charge in [-0.2, -0.15) is 0 Å². The molecule has 0 fully saturated rings. The molecular formula is C19H19NO3. The van der Waals surface area contributed by atoms with Gasteiger partial charge in [-0.25, -0.2) is 0 Å². The number of phenolic OH excluding ortho intramolecular Hbond substituents is 1. The first kappa shape index (κ1) is 14.0. The maximum absolute atomic E-state index is 10.7. The predicted octanol–water partition coefficient (Wildman–Crippen LogP) is 3.71. The molecule has 3 aromatic rings. The van der Waals surface area contributed by atoms with Crippen LogP contribution in [0.4, 0.5) is 5.69 Å². The summed E-state index contributed by atoms with van der Waals surface area (Å²) < 4.78 is 11.1. The van der Waals surface area contributed by atoms with E-state index in [0.717, 1.165) is 45.8 Å². The second-order valence-corrected chi connectivity index (χ2v) is 5.93. The third-order valence-corrected chi connectivity index (χ3v) is 4.78. The molecule has 23 heavy (non-hydrogen) atoms. The Bertz CT molecular complexity index is 933. The lowest BCUT2D eigenvalue weighted by molar-refractivity contribution is 0.334. The summed E-state index contributed by atoms with van der Waals surface area (Å²) in [5.74, 6) is 1.21. The zero-order valence-electron chi connectivity index (χ0n) is 13.5. The molecule has 1 N–H and O–H groups in total. The Morgan fingerprint density at radius 2 is 1.78 bits per heavy atom. The van der Waals surface area contributed by atoms with Gasteiger partial charge in [0.15, 0.2) is 11.5 Å². The Hall–Kier alpha value is -2.62. The maximum Gasteiger partial charge on any atom is 0.204 e. The number of rotatable bonds is 2. The molecule has 4 nitrogen and oxygen atoms in total. The van der Waals surface area contributed by atoms with E-state index in [-0.39, 0.29) is 5.75 Å². The Balaban J connectivity index is 2.33. The van der Waals surface area contributed by atoms with Gasteiger partial charge in [0.2, 0.25) is 5.75 Å². The van der Waals surface area contributed by atoms with Crippen LogP contribution in [-0.2, 0) is 6.42 Å². The number of nitrogens with zero attached hydrogens (tertiary/aromatic N) is 1. The van der Waals surface area contributed by atoms with Gasteiger partial charge < -0.3 is 19.5 Å². The molecule has 1 heterocycles. The number of likely N-dealkylation sites (N-methyl/N-ethyl adjacent to an activating group) is 1. The third-order valence-electron chi connectivity index (χ3n) is 4.78. The number of fused-ring (bicyclic) bond motifs is 2. The smallest absolute Gasteiger partial charge is 0.204 e. The van der Waals surface area contributed by atoms with Crippen LogP contribution in [0.1, 0.15) is 5.56 Å². The molecule has 0 aromatic heterocycles. The monoisotopic (exact) mass is 309 g/mol. The van der Waals surface area contributed by atoms with Crippen LogP contribution in [0.25, 0.3) is 21.5 Å². The normalized spacial score (nSPS) is 13.6. The van der Waals surface area contributed by atoms with Crippen molar-refractivity contribution in [2.24, 2.45) is 0 Å². The van der Waals surface area contributed by atoms with E-state index in [2.05, 4.69) is 30.1 Å². The molecule has 0 saturated carbocycles. The SMILES string of the molecule is COc1c(O)c2c3c(cc4ccccc4c3c1OC)N(C)CC2. The number of hydrogen-bond donors (Lipinski definition) is 1. The van der Waals surface area contributed by atoms with E-state index in [1.54, 1.807) is 14.2 Å². The van der Waals surface area contributed by atoms with Gasteiger partial charge in [-0.3, -0.25) is 0 Å². The van der Waals surface area contributed by atoms with Crippen molar-refractivity contribution in [2.45, 2.75) is 6.42 Å². The summed E-state index contributed by atoms with van der Waals surface area (Å²) in [7, 11) is 5.27. The van der Waals surface area contributed by atoms with E-state index in [1.165, 1.54) is 0 Å². The molecule has 4 rings (SSSR count). The topological polar surface area (TPSA) is 41.9 Å². The highest BCUT2D eigenvalue weighted by Crippen LogP contribution is 2.52. The lowest BCUT2D eigenvalue weighted by Crippen LogP contribution is -2.24. The van der Waals surface area contributed by atoms with Crippen LogP contribution in [0.5, 0.6) is 17.2 Å². The van der Waals surface area contributed by atoms with Gasteiger partial charge in [0.05, 0.1) is 14.2 Å². The number of benzene rings is 3. The zero-order valence-corrected chi connectivity index (χ0v) is 13.5. The van der Waals surface area contributed by atoms with Gasteiger partial charge in [0, 0.05) is 35.6 Å². The number of hydrogen-bond acceptors (Lipinski definition) is 4. The number of methoxy groups -OCH3 is 2. The molecule has 0 aliphatic carbocycles. The first-order chi connectivity index (χ1) is 11.2. The third kappa shape index (κ3) is 1.78. The van der Waals surface area contributed by atoms with Crippen molar-refractivity contribution in [3.63, 3.8) is 0 Å². The molecule has 0 atom stereocenters. The van der Waals surface area contributed by atoms with Crippen LogP contribution in [0, 0.1) is 0 Å². The second kappa shape index (κ2) is 4.95. The first-order valence-corrected chi connectivity index (χ1v) is 7.69. The standard InChI is InChI=1S/C19H19NO3/c1-20-9-8-13-15-14(20)10-11-6-4-5-7-12(11)16(15)18(22-2)19(23-3)17(13)21/h4-7,10,21H,8-9H2,1-3H3. The average molecular weight is 309 g/mol. The molecule has 1 aliphatic heterocycles. The van der Waals surface area contributed by atoms with E-state index in [9.17, 15) is 5.11 Å². The number of aromatic hydroxyl groups is 1. The highest BCUT2D eigenvalue weighted by Gasteiger charge is 2.27. The van der Waals surface area contributed by atoms with Gasteiger partial charge in [-0.05, 0) is 23.3 Å². The fraction of sp³-hybridized carbons (Fsp3) is 0.263. The second-order valence-electron chi connectivity index (χ2n) is 5.93. The molecule has 1 aliphatic rings. The van der Waals surface area contributed by atoms with E-state index < -0.39 is 0 Å². The van der Waals surface area contributed by atoms with Crippen molar-refractivity contribution in [2.75, 3.05) is 32.7 Å². The predicted molar refractivity (Wildman–Crippen MR) is 93.2 cm³/mol. The van der Waals surface area contributed by atoms with Crippen LogP contribution >= 0.6 is 0 Å². The molecule has 0 amide bonds. The molecule has 4 heteroatoms. The van der Waals surface area contributed by atoms with Gasteiger partial charge in [-0.15, -0.1) is 0 Å². The summed E-state index contributed by atoms with van der Waals surface area (Å²) in [4.78, 5) is 2.23. The number of ether oxygens (including phenoxy) is 2. The van der Waals surface area contributed by atoms with Gasteiger partial charge >= 0.3 is 0 Å². The molecule has 0 saturated heterocycles. The summed E-state index contributed by atoms with van der Waals surface area (Å²) in [5, 5.41) is 15.0. The van der Waals surface area contributed by atoms with Gasteiger partial charge in [0.25, 0.3) is 0 Å². The summed E-state index contributed by atoms with van der Waals surface area (Å²) in [6.07, 6.45) is 0.782. The highest BCUT2D eigenvalue weighted by molar-refractivity contribution is 6.19. The molecule has 0 bridgehead atoms. The van der Waals surface area contributed by atoms with Crippen molar-refractivity contribution >= 4 is 27.2 Å². The largest absolute Gasteiger partial charge is 0.504 e. The summed E-state index contributed by atoms with van der Waals surface area (Å²) in [5.41, 5.74) is 2.06. The van der Waals surface area contributed by atoms with Crippen molar-refractivity contribution in [3.05, 3.63) is 35.9 Å². The fourth-order valence-electron chi connectivity index (χ4n) is 3.68. The van der Waals surface area contributed by atoms with Crippen LogP contribution in [0.2, 0.25) is 0 Å². The molecular weight excluding hydrogens is 290 g/mol. The number of phenols is 1. The van der Waals surface area contributed by atoms with Crippen LogP contribution in [0.15, 0.2) is 30.3 Å². The van der Waals surface area contributed by atoms with Crippen molar-refractivity contribution < 1.29 is 14.6 Å². The Labute approximate surface area is 134 Å². The average Bonchev–Trinajstić information content (AvgIpc) is 2.58. The van der Waals surface area contributed by atoms with E-state index in [4.69, 9.17) is 9.47 Å². The van der Waals surface area contributed by atoms with Gasteiger partial charge in [-0.1, -0.05) is 24.3 Å². The minimum Gasteiger partial charge on any atom is -0.504 e. The molecule has 0 radical (unpaired) electrons. The summed E-state index contributed by atoms with van der Waals surface area (Å²) >= 11 is 0. The molecule has 3 aromatic carbocycles. The summed E-state index contributed by atoms with van der Waals surface area (Å²) in [6.45, 7) is 0.865. The molecule has 118 valence electrons. The van der Waals surface area contributed by atoms with Crippen molar-refractivity contribution in [1.29, 1.82) is 0 Å². The van der Waals surface area contributed by atoms with Crippen LogP contribution in [-0.4, -0.2) is 32.9 Å². The zero-order chi connectivity index (χ0) is 16.1. The molecule has 0 unspecified atom stereocenters. The van der Waals surface area contributed by atoms with Crippen molar-refractivity contribution in [3.8, 4) is 17.2 Å². The number of anilines is 1. The first-order valence-electron chi connectivity index (χ1n) is 7.69. The Kier molecular flexibility index (Phi) is 3.01. The van der Waals surface area contributed by atoms with Crippen molar-refractivity contribution in [1.82, 2.24) is 0 Å². The fourth-order valence-corrected chi connectivity index (χ4v) is 3.68. The maximum atomic E-state index is 10.7.